The number of alkyl halides is 2. The summed E-state index contributed by atoms with van der Waals surface area (Å²) in [5.74, 6) is -4.15. The molecule has 0 fully saturated rings. The second kappa shape index (κ2) is 4.24. The van der Waals surface area contributed by atoms with E-state index in [4.69, 9.17) is 16.2 Å². The third kappa shape index (κ3) is 2.20. The van der Waals surface area contributed by atoms with Crippen LogP contribution in [0.3, 0.4) is 0 Å². The quantitative estimate of drug-likeness (QED) is 0.820. The van der Waals surface area contributed by atoms with Gasteiger partial charge in [-0.15, -0.1) is 0 Å². The van der Waals surface area contributed by atoms with Crippen molar-refractivity contribution in [1.82, 2.24) is 4.72 Å². The highest BCUT2D eigenvalue weighted by atomic mass is 35.5. The standard InChI is InChI=1S/C9H7ClF3NO2S/c10-5-1-2-6(11)4-3-9(12,13)8(7(4)5)14-17(15)16/h1-2,8,14H,3H2,(H,15,16). The molecule has 1 aromatic rings. The van der Waals surface area contributed by atoms with Crippen molar-refractivity contribution in [2.24, 2.45) is 0 Å². The molecule has 0 radical (unpaired) electrons. The lowest BCUT2D eigenvalue weighted by Gasteiger charge is -2.19. The first kappa shape index (κ1) is 12.8. The van der Waals surface area contributed by atoms with Gasteiger partial charge in [-0.2, -0.15) is 0 Å². The fourth-order valence-corrected chi connectivity index (χ4v) is 2.67. The lowest BCUT2D eigenvalue weighted by Crippen LogP contribution is -2.35. The third-order valence-corrected chi connectivity index (χ3v) is 3.36. The molecule has 1 aliphatic carbocycles. The molecule has 2 N–H and O–H groups in total. The summed E-state index contributed by atoms with van der Waals surface area (Å²) >= 11 is 3.09. The van der Waals surface area contributed by atoms with Crippen molar-refractivity contribution >= 4 is 22.9 Å². The number of hydrogen-bond acceptors (Lipinski definition) is 1. The van der Waals surface area contributed by atoms with Gasteiger partial charge in [0.05, 0.1) is 0 Å². The predicted molar refractivity (Wildman–Crippen MR) is 56.7 cm³/mol. The van der Waals surface area contributed by atoms with Crippen LogP contribution in [0.15, 0.2) is 12.1 Å². The summed E-state index contributed by atoms with van der Waals surface area (Å²) in [6.07, 6.45) is -0.844. The third-order valence-electron chi connectivity index (χ3n) is 2.59. The van der Waals surface area contributed by atoms with Crippen molar-refractivity contribution in [3.05, 3.63) is 34.1 Å². The zero-order chi connectivity index (χ0) is 12.8. The largest absolute Gasteiger partial charge is 0.294 e. The highest BCUT2D eigenvalue weighted by Gasteiger charge is 2.50. The van der Waals surface area contributed by atoms with Crippen molar-refractivity contribution in [3.8, 4) is 0 Å². The van der Waals surface area contributed by atoms with Crippen LogP contribution in [0.4, 0.5) is 13.2 Å². The van der Waals surface area contributed by atoms with E-state index in [-0.39, 0.29) is 16.1 Å². The van der Waals surface area contributed by atoms with Crippen LogP contribution < -0.4 is 4.72 Å². The Kier molecular flexibility index (Phi) is 3.19. The van der Waals surface area contributed by atoms with Gasteiger partial charge in [-0.05, 0) is 12.1 Å². The molecule has 0 saturated carbocycles. The topological polar surface area (TPSA) is 49.3 Å². The molecule has 0 bridgehead atoms. The Morgan fingerprint density at radius 2 is 2.18 bits per heavy atom. The fourth-order valence-electron chi connectivity index (χ4n) is 1.90. The average molecular weight is 286 g/mol. The molecule has 1 aliphatic rings. The maximum absolute atomic E-state index is 13.6. The Morgan fingerprint density at radius 1 is 1.53 bits per heavy atom. The molecule has 0 aliphatic heterocycles. The second-order valence-corrected chi connectivity index (χ2v) is 4.80. The van der Waals surface area contributed by atoms with Crippen molar-refractivity contribution < 1.29 is 21.9 Å². The summed E-state index contributed by atoms with van der Waals surface area (Å²) in [6.45, 7) is 0. The molecule has 1 aromatic carbocycles. The van der Waals surface area contributed by atoms with Crippen LogP contribution in [0, 0.1) is 5.82 Å². The monoisotopic (exact) mass is 285 g/mol. The highest BCUT2D eigenvalue weighted by molar-refractivity contribution is 7.77. The van der Waals surface area contributed by atoms with Crippen LogP contribution in [0.25, 0.3) is 0 Å². The first-order chi connectivity index (χ1) is 7.83. The first-order valence-electron chi connectivity index (χ1n) is 4.54. The van der Waals surface area contributed by atoms with E-state index in [1.165, 1.54) is 0 Å². The minimum Gasteiger partial charge on any atom is -0.294 e. The number of rotatable bonds is 2. The van der Waals surface area contributed by atoms with Crippen molar-refractivity contribution in [2.75, 3.05) is 0 Å². The second-order valence-electron chi connectivity index (χ2n) is 3.66. The van der Waals surface area contributed by atoms with E-state index in [1.807, 2.05) is 0 Å². The first-order valence-corrected chi connectivity index (χ1v) is 6.03. The van der Waals surface area contributed by atoms with Gasteiger partial charge in [0.15, 0.2) is 0 Å². The molecule has 2 rings (SSSR count). The normalized spacial score (nSPS) is 23.5. The van der Waals surface area contributed by atoms with E-state index < -0.39 is 35.5 Å². The molecular weight excluding hydrogens is 279 g/mol. The lowest BCUT2D eigenvalue weighted by molar-refractivity contribution is -0.0191. The van der Waals surface area contributed by atoms with Gasteiger partial charge in [0, 0.05) is 22.6 Å². The van der Waals surface area contributed by atoms with Gasteiger partial charge in [0.2, 0.25) is 11.3 Å². The Bertz CT molecular complexity index is 497. The Balaban J connectivity index is 2.55. The number of hydrogen-bond donors (Lipinski definition) is 2. The van der Waals surface area contributed by atoms with E-state index in [2.05, 4.69) is 0 Å². The highest BCUT2D eigenvalue weighted by Crippen LogP contribution is 2.46. The van der Waals surface area contributed by atoms with Gasteiger partial charge in [-0.1, -0.05) is 11.6 Å². The average Bonchev–Trinajstić information content (AvgIpc) is 2.46. The van der Waals surface area contributed by atoms with Crippen molar-refractivity contribution in [3.63, 3.8) is 0 Å². The summed E-state index contributed by atoms with van der Waals surface area (Å²) in [4.78, 5) is 0. The molecule has 2 unspecified atom stereocenters. The summed E-state index contributed by atoms with van der Waals surface area (Å²) in [5, 5.41) is -0.0541. The SMILES string of the molecule is O=S(O)NC1c2c(Cl)ccc(F)c2CC1(F)F. The van der Waals surface area contributed by atoms with Gasteiger partial charge in [-0.3, -0.25) is 4.55 Å². The molecule has 0 heterocycles. The van der Waals surface area contributed by atoms with Gasteiger partial charge in [-0.25, -0.2) is 22.1 Å². The number of fused-ring (bicyclic) bond motifs is 1. The molecule has 17 heavy (non-hydrogen) atoms. The van der Waals surface area contributed by atoms with Gasteiger partial charge in [0.1, 0.15) is 11.9 Å². The van der Waals surface area contributed by atoms with Crippen LogP contribution in [-0.2, 0) is 17.7 Å². The maximum atomic E-state index is 13.6. The van der Waals surface area contributed by atoms with E-state index in [0.717, 1.165) is 12.1 Å². The van der Waals surface area contributed by atoms with Gasteiger partial charge in [0.25, 0.3) is 5.92 Å². The van der Waals surface area contributed by atoms with Crippen molar-refractivity contribution in [2.45, 2.75) is 18.4 Å². The van der Waals surface area contributed by atoms with Crippen LogP contribution in [0.5, 0.6) is 0 Å². The summed E-state index contributed by atoms with van der Waals surface area (Å²) in [5.41, 5.74) is -0.371. The summed E-state index contributed by atoms with van der Waals surface area (Å²) in [6, 6.07) is 0.383. The van der Waals surface area contributed by atoms with Crippen LogP contribution in [0.2, 0.25) is 5.02 Å². The van der Waals surface area contributed by atoms with E-state index >= 15 is 0 Å². The minimum atomic E-state index is -3.35. The van der Waals surface area contributed by atoms with Gasteiger partial charge >= 0.3 is 0 Å². The fraction of sp³-hybridized carbons (Fsp3) is 0.333. The molecule has 2 atom stereocenters. The van der Waals surface area contributed by atoms with E-state index in [9.17, 15) is 17.4 Å². The molecule has 0 aromatic heterocycles. The Labute approximate surface area is 102 Å². The van der Waals surface area contributed by atoms with Crippen LogP contribution >= 0.6 is 11.6 Å². The molecule has 0 spiro atoms. The van der Waals surface area contributed by atoms with Crippen molar-refractivity contribution in [1.29, 1.82) is 0 Å². The molecule has 0 amide bonds. The predicted octanol–water partition coefficient (Wildman–Crippen LogP) is 2.44. The molecule has 0 saturated heterocycles. The Hall–Kier alpha value is -0.630. The molecular formula is C9H7ClF3NO2S. The van der Waals surface area contributed by atoms with Gasteiger partial charge < -0.3 is 0 Å². The summed E-state index contributed by atoms with van der Waals surface area (Å²) in [7, 11) is 0. The number of halogens is 4. The summed E-state index contributed by atoms with van der Waals surface area (Å²) < 4.78 is 61.5. The maximum Gasteiger partial charge on any atom is 0.272 e. The van der Waals surface area contributed by atoms with E-state index in [1.54, 1.807) is 4.72 Å². The van der Waals surface area contributed by atoms with Crippen LogP contribution in [-0.4, -0.2) is 14.7 Å². The van der Waals surface area contributed by atoms with Crippen LogP contribution in [0.1, 0.15) is 17.2 Å². The lowest BCUT2D eigenvalue weighted by atomic mass is 10.1. The van der Waals surface area contributed by atoms with E-state index in [0.29, 0.717) is 0 Å². The smallest absolute Gasteiger partial charge is 0.272 e. The number of benzene rings is 1. The zero-order valence-corrected chi connectivity index (χ0v) is 9.79. The number of nitrogens with one attached hydrogen (secondary N) is 1. The zero-order valence-electron chi connectivity index (χ0n) is 8.21. The Morgan fingerprint density at radius 3 is 2.76 bits per heavy atom. The minimum absolute atomic E-state index is 0.0541. The molecule has 8 heteroatoms. The molecule has 3 nitrogen and oxygen atoms in total. The molecule has 94 valence electrons.